The third-order valence-electron chi connectivity index (χ3n) is 2.48. The number of thiazole rings is 1. The summed E-state index contributed by atoms with van der Waals surface area (Å²) in [6.07, 6.45) is 0. The number of carbonyl (C=O) groups is 1. The first-order valence-corrected chi connectivity index (χ1v) is 6.12. The van der Waals surface area contributed by atoms with Crippen molar-refractivity contribution in [1.82, 2.24) is 10.3 Å². The van der Waals surface area contributed by atoms with E-state index in [1.54, 1.807) is 16.8 Å². The fraction of sp³-hybridized carbons (Fsp3) is 0.636. The van der Waals surface area contributed by atoms with Crippen LogP contribution in [-0.4, -0.2) is 16.9 Å². The van der Waals surface area contributed by atoms with E-state index >= 15 is 0 Å². The molecule has 1 amide bonds. The van der Waals surface area contributed by atoms with Crippen molar-refractivity contribution in [3.63, 3.8) is 0 Å². The number of amides is 1. The maximum Gasteiger partial charge on any atom is 0.237 e. The Balaban J connectivity index is 2.51. The molecule has 0 aliphatic heterocycles. The monoisotopic (exact) mass is 241 g/mol. The summed E-state index contributed by atoms with van der Waals surface area (Å²) < 4.78 is 0. The minimum atomic E-state index is -0.485. The number of nitrogens with zero attached hydrogens (tertiary/aromatic N) is 1. The highest BCUT2D eigenvalue weighted by molar-refractivity contribution is 7.09. The van der Waals surface area contributed by atoms with Crippen LogP contribution in [0.3, 0.4) is 0 Å². The second-order valence-electron chi connectivity index (χ2n) is 4.92. The van der Waals surface area contributed by atoms with Gasteiger partial charge in [-0.2, -0.15) is 0 Å². The summed E-state index contributed by atoms with van der Waals surface area (Å²) in [5.74, 6) is -0.111. The van der Waals surface area contributed by atoms with Crippen LogP contribution in [0.25, 0.3) is 0 Å². The van der Waals surface area contributed by atoms with Gasteiger partial charge >= 0.3 is 0 Å². The second kappa shape index (κ2) is 4.93. The van der Waals surface area contributed by atoms with Crippen LogP contribution in [0.2, 0.25) is 0 Å². The molecule has 5 heteroatoms. The Morgan fingerprint density at radius 2 is 2.25 bits per heavy atom. The molecule has 0 saturated heterocycles. The van der Waals surface area contributed by atoms with E-state index in [9.17, 15) is 4.79 Å². The molecule has 0 saturated carbocycles. The van der Waals surface area contributed by atoms with E-state index in [2.05, 4.69) is 10.3 Å². The van der Waals surface area contributed by atoms with Crippen molar-refractivity contribution in [2.45, 2.75) is 40.3 Å². The Morgan fingerprint density at radius 3 is 2.69 bits per heavy atom. The Labute approximate surface area is 100 Å². The topological polar surface area (TPSA) is 68.0 Å². The first-order chi connectivity index (χ1) is 7.32. The minimum absolute atomic E-state index is 0.111. The molecule has 0 fully saturated rings. The molecule has 4 nitrogen and oxygen atoms in total. The molecule has 0 aliphatic rings. The quantitative estimate of drug-likeness (QED) is 0.841. The lowest BCUT2D eigenvalue weighted by molar-refractivity contribution is -0.124. The van der Waals surface area contributed by atoms with Crippen molar-refractivity contribution >= 4 is 17.2 Å². The first kappa shape index (κ1) is 13.1. The highest BCUT2D eigenvalue weighted by Gasteiger charge is 2.27. The molecule has 0 bridgehead atoms. The van der Waals surface area contributed by atoms with E-state index in [4.69, 9.17) is 5.73 Å². The van der Waals surface area contributed by atoms with Crippen LogP contribution in [0.4, 0.5) is 0 Å². The van der Waals surface area contributed by atoms with Gasteiger partial charge in [-0.05, 0) is 12.3 Å². The molecule has 0 radical (unpaired) electrons. The van der Waals surface area contributed by atoms with Crippen molar-refractivity contribution in [2.24, 2.45) is 11.1 Å². The van der Waals surface area contributed by atoms with Crippen LogP contribution >= 0.6 is 11.3 Å². The summed E-state index contributed by atoms with van der Waals surface area (Å²) in [5, 5.41) is 2.84. The Hall–Kier alpha value is -0.940. The van der Waals surface area contributed by atoms with Gasteiger partial charge in [0.05, 0.1) is 23.8 Å². The first-order valence-electron chi connectivity index (χ1n) is 5.24. The van der Waals surface area contributed by atoms with Crippen LogP contribution < -0.4 is 11.1 Å². The lowest BCUT2D eigenvalue weighted by Crippen LogP contribution is -2.48. The zero-order chi connectivity index (χ0) is 12.3. The Bertz CT molecular complexity index is 368. The maximum atomic E-state index is 11.7. The Kier molecular flexibility index (Phi) is 4.04. The number of aryl methyl sites for hydroxylation is 1. The van der Waals surface area contributed by atoms with E-state index in [1.807, 2.05) is 27.7 Å². The predicted molar refractivity (Wildman–Crippen MR) is 66.1 cm³/mol. The fourth-order valence-corrected chi connectivity index (χ4v) is 1.88. The molecule has 16 heavy (non-hydrogen) atoms. The smallest absolute Gasteiger partial charge is 0.237 e. The molecule has 1 rings (SSSR count). The zero-order valence-electron chi connectivity index (χ0n) is 10.2. The number of nitrogens with one attached hydrogen (secondary N) is 1. The molecule has 0 spiro atoms. The number of aromatic nitrogens is 1. The largest absolute Gasteiger partial charge is 0.350 e. The summed E-state index contributed by atoms with van der Waals surface area (Å²) in [5.41, 5.74) is 8.38. The molecule has 3 N–H and O–H groups in total. The number of nitrogens with two attached hydrogens (primary N) is 1. The lowest BCUT2D eigenvalue weighted by Gasteiger charge is -2.25. The van der Waals surface area contributed by atoms with E-state index in [1.165, 1.54) is 0 Å². The SMILES string of the molecule is Cc1ncsc1CNC(=O)[C@@H](N)C(C)(C)C. The average molecular weight is 241 g/mol. The van der Waals surface area contributed by atoms with Gasteiger partial charge in [0.2, 0.25) is 5.91 Å². The molecular weight excluding hydrogens is 222 g/mol. The Morgan fingerprint density at radius 1 is 1.62 bits per heavy atom. The van der Waals surface area contributed by atoms with Gasteiger partial charge in [-0.1, -0.05) is 20.8 Å². The zero-order valence-corrected chi connectivity index (χ0v) is 11.0. The van der Waals surface area contributed by atoms with Gasteiger partial charge in [0.1, 0.15) is 0 Å². The molecule has 1 atom stereocenters. The van der Waals surface area contributed by atoms with Crippen LogP contribution in [0.15, 0.2) is 5.51 Å². The molecule has 1 aromatic heterocycles. The van der Waals surface area contributed by atoms with Gasteiger partial charge in [-0.25, -0.2) is 4.98 Å². The average Bonchev–Trinajstić information content (AvgIpc) is 2.58. The third kappa shape index (κ3) is 3.28. The summed E-state index contributed by atoms with van der Waals surface area (Å²) in [7, 11) is 0. The summed E-state index contributed by atoms with van der Waals surface area (Å²) in [4.78, 5) is 16.9. The number of rotatable bonds is 3. The van der Waals surface area contributed by atoms with Crippen molar-refractivity contribution in [3.8, 4) is 0 Å². The van der Waals surface area contributed by atoms with Gasteiger partial charge in [0.25, 0.3) is 0 Å². The molecule has 1 aromatic rings. The number of hydrogen-bond donors (Lipinski definition) is 2. The van der Waals surface area contributed by atoms with Crippen LogP contribution in [0, 0.1) is 12.3 Å². The van der Waals surface area contributed by atoms with Crippen molar-refractivity contribution in [2.75, 3.05) is 0 Å². The van der Waals surface area contributed by atoms with Gasteiger partial charge in [-0.3, -0.25) is 4.79 Å². The summed E-state index contributed by atoms with van der Waals surface area (Å²) in [6, 6.07) is -0.485. The van der Waals surface area contributed by atoms with Crippen molar-refractivity contribution in [1.29, 1.82) is 0 Å². The van der Waals surface area contributed by atoms with Gasteiger partial charge in [0.15, 0.2) is 0 Å². The number of carbonyl (C=O) groups excluding carboxylic acids is 1. The van der Waals surface area contributed by atoms with Crippen LogP contribution in [0.5, 0.6) is 0 Å². The highest BCUT2D eigenvalue weighted by atomic mass is 32.1. The number of hydrogen-bond acceptors (Lipinski definition) is 4. The van der Waals surface area contributed by atoms with Gasteiger partial charge < -0.3 is 11.1 Å². The molecule has 90 valence electrons. The fourth-order valence-electron chi connectivity index (χ4n) is 1.17. The minimum Gasteiger partial charge on any atom is -0.350 e. The highest BCUT2D eigenvalue weighted by Crippen LogP contribution is 2.17. The standard InChI is InChI=1S/C11H19N3OS/c1-7-8(16-6-14-7)5-13-10(15)9(12)11(2,3)4/h6,9H,5,12H2,1-4H3,(H,13,15)/t9-/m1/s1. The summed E-state index contributed by atoms with van der Waals surface area (Å²) in [6.45, 7) is 8.31. The van der Waals surface area contributed by atoms with E-state index in [0.29, 0.717) is 6.54 Å². The normalized spacial score (nSPS) is 13.6. The second-order valence-corrected chi connectivity index (χ2v) is 5.86. The molecule has 1 heterocycles. The van der Waals surface area contributed by atoms with E-state index in [0.717, 1.165) is 10.6 Å². The van der Waals surface area contributed by atoms with E-state index < -0.39 is 6.04 Å². The molecule has 0 aromatic carbocycles. The molecular formula is C11H19N3OS. The van der Waals surface area contributed by atoms with Crippen LogP contribution in [-0.2, 0) is 11.3 Å². The molecule has 0 aliphatic carbocycles. The van der Waals surface area contributed by atoms with Gasteiger partial charge in [-0.15, -0.1) is 11.3 Å². The van der Waals surface area contributed by atoms with E-state index in [-0.39, 0.29) is 11.3 Å². The summed E-state index contributed by atoms with van der Waals surface area (Å²) >= 11 is 1.54. The molecule has 0 unspecified atom stereocenters. The van der Waals surface area contributed by atoms with Crippen LogP contribution in [0.1, 0.15) is 31.3 Å². The predicted octanol–water partition coefficient (Wildman–Crippen LogP) is 1.44. The maximum absolute atomic E-state index is 11.7. The van der Waals surface area contributed by atoms with Gasteiger partial charge in [0, 0.05) is 4.88 Å². The third-order valence-corrected chi connectivity index (χ3v) is 3.42. The van der Waals surface area contributed by atoms with Crippen molar-refractivity contribution in [3.05, 3.63) is 16.1 Å². The van der Waals surface area contributed by atoms with Crippen molar-refractivity contribution < 1.29 is 4.79 Å². The lowest BCUT2D eigenvalue weighted by atomic mass is 9.87.